The van der Waals surface area contributed by atoms with Crippen molar-refractivity contribution in [3.8, 4) is 33.8 Å². The summed E-state index contributed by atoms with van der Waals surface area (Å²) in [4.78, 5) is 22.0. The van der Waals surface area contributed by atoms with Gasteiger partial charge in [0.1, 0.15) is 36.5 Å². The Bertz CT molecular complexity index is 1250. The number of rotatable bonds is 10. The molecule has 0 saturated heterocycles. The average molecular weight is 469 g/mol. The van der Waals surface area contributed by atoms with Gasteiger partial charge in [-0.25, -0.2) is 9.59 Å². The van der Waals surface area contributed by atoms with Crippen LogP contribution in [0, 0.1) is 6.92 Å². The normalized spacial score (nSPS) is 10.7. The van der Waals surface area contributed by atoms with E-state index in [9.17, 15) is 9.59 Å². The van der Waals surface area contributed by atoms with E-state index in [0.717, 1.165) is 46.2 Å². The van der Waals surface area contributed by atoms with Gasteiger partial charge >= 0.3 is 11.9 Å². The zero-order valence-corrected chi connectivity index (χ0v) is 19.2. The minimum atomic E-state index is -0.552. The number of esters is 2. The fourth-order valence-corrected chi connectivity index (χ4v) is 3.10. The molecular weight excluding hydrogens is 444 g/mol. The van der Waals surface area contributed by atoms with Crippen LogP contribution in [-0.4, -0.2) is 11.9 Å². The molecule has 35 heavy (non-hydrogen) atoms. The lowest BCUT2D eigenvalue weighted by Gasteiger charge is -2.10. The van der Waals surface area contributed by atoms with Gasteiger partial charge in [0.2, 0.25) is 0 Å². The molecule has 0 amide bonds. The number of hydrogen-bond donors (Lipinski definition) is 0. The summed E-state index contributed by atoms with van der Waals surface area (Å²) in [7, 11) is 0. The first-order chi connectivity index (χ1) is 17.0. The van der Waals surface area contributed by atoms with Crippen molar-refractivity contribution in [2.24, 2.45) is 0 Å². The van der Waals surface area contributed by atoms with Crippen LogP contribution >= 0.6 is 0 Å². The quantitative estimate of drug-likeness (QED) is 0.192. The topological polar surface area (TPSA) is 71.1 Å². The molecular formula is C29H24O6. The largest absolute Gasteiger partial charge is 0.462 e. The number of carbonyl (C=O) groups is 2. The second kappa shape index (κ2) is 12.4. The average Bonchev–Trinajstić information content (AvgIpc) is 2.89. The molecule has 0 aliphatic rings. The molecule has 6 nitrogen and oxygen atoms in total. The molecule has 6 heteroatoms. The van der Waals surface area contributed by atoms with Crippen LogP contribution in [0.3, 0.4) is 0 Å². The van der Waals surface area contributed by atoms with Crippen molar-refractivity contribution >= 4 is 11.9 Å². The first kappa shape index (κ1) is 24.8. The van der Waals surface area contributed by atoms with Crippen LogP contribution in [0.15, 0.2) is 117 Å². The summed E-state index contributed by atoms with van der Waals surface area (Å²) in [6, 6.07) is 21.5. The van der Waals surface area contributed by atoms with Crippen LogP contribution in [0.5, 0.6) is 11.5 Å². The number of ether oxygens (including phenoxy) is 4. The van der Waals surface area contributed by atoms with Gasteiger partial charge in [-0.05, 0) is 59.0 Å². The minimum Gasteiger partial charge on any atom is -0.462 e. The fourth-order valence-electron chi connectivity index (χ4n) is 3.10. The molecule has 0 atom stereocenters. The Labute approximate surface area is 204 Å². The van der Waals surface area contributed by atoms with E-state index < -0.39 is 11.9 Å². The van der Waals surface area contributed by atoms with Gasteiger partial charge in [-0.3, -0.25) is 0 Å². The van der Waals surface area contributed by atoms with Crippen LogP contribution < -0.4 is 9.47 Å². The van der Waals surface area contributed by atoms with E-state index in [1.54, 1.807) is 0 Å². The summed E-state index contributed by atoms with van der Waals surface area (Å²) in [6.07, 6.45) is 7.07. The Morgan fingerprint density at radius 3 is 1.60 bits per heavy atom. The van der Waals surface area contributed by atoms with Crippen LogP contribution in [0.4, 0.5) is 0 Å². The third kappa shape index (κ3) is 7.33. The third-order valence-electron chi connectivity index (χ3n) is 4.80. The van der Waals surface area contributed by atoms with Crippen LogP contribution in [-0.2, 0) is 19.1 Å². The van der Waals surface area contributed by atoms with Crippen LogP contribution in [0.2, 0.25) is 0 Å². The van der Waals surface area contributed by atoms with Crippen molar-refractivity contribution in [2.45, 2.75) is 6.92 Å². The Morgan fingerprint density at radius 2 is 1.09 bits per heavy atom. The summed E-state index contributed by atoms with van der Waals surface area (Å²) in [5, 5.41) is 0. The third-order valence-corrected chi connectivity index (χ3v) is 4.80. The maximum atomic E-state index is 11.0. The van der Waals surface area contributed by atoms with Crippen LogP contribution in [0.1, 0.15) is 5.56 Å². The maximum absolute atomic E-state index is 11.0. The second-order valence-corrected chi connectivity index (χ2v) is 7.14. The zero-order chi connectivity index (χ0) is 25.0. The molecule has 3 aromatic rings. The van der Waals surface area contributed by atoms with Crippen molar-refractivity contribution in [1.29, 1.82) is 0 Å². The van der Waals surface area contributed by atoms with Crippen molar-refractivity contribution in [3.63, 3.8) is 0 Å². The Balaban J connectivity index is 1.62. The summed E-state index contributed by atoms with van der Waals surface area (Å²) in [5.74, 6) is 0.140. The molecule has 0 N–H and O–H groups in total. The molecule has 3 rings (SSSR count). The van der Waals surface area contributed by atoms with E-state index in [0.29, 0.717) is 11.5 Å². The van der Waals surface area contributed by atoms with E-state index in [1.165, 1.54) is 18.8 Å². The van der Waals surface area contributed by atoms with E-state index in [1.807, 2.05) is 49.4 Å². The van der Waals surface area contributed by atoms with E-state index in [-0.39, 0.29) is 0 Å². The van der Waals surface area contributed by atoms with Gasteiger partial charge in [-0.2, -0.15) is 0 Å². The Hall–Kier alpha value is -4.84. The van der Waals surface area contributed by atoms with Gasteiger partial charge in [-0.15, -0.1) is 0 Å². The second-order valence-electron chi connectivity index (χ2n) is 7.14. The van der Waals surface area contributed by atoms with Crippen molar-refractivity contribution in [3.05, 3.63) is 123 Å². The lowest BCUT2D eigenvalue weighted by molar-refractivity contribution is -0.133. The summed E-state index contributed by atoms with van der Waals surface area (Å²) in [6.45, 7) is 8.64. The Morgan fingerprint density at radius 1 is 0.629 bits per heavy atom. The van der Waals surface area contributed by atoms with Gasteiger partial charge < -0.3 is 18.9 Å². The molecule has 0 bridgehead atoms. The summed E-state index contributed by atoms with van der Waals surface area (Å²) >= 11 is 0. The van der Waals surface area contributed by atoms with Crippen molar-refractivity contribution in [1.82, 2.24) is 0 Å². The lowest BCUT2D eigenvalue weighted by atomic mass is 9.97. The van der Waals surface area contributed by atoms with Crippen molar-refractivity contribution in [2.75, 3.05) is 0 Å². The van der Waals surface area contributed by atoms with Crippen LogP contribution in [0.25, 0.3) is 22.3 Å². The van der Waals surface area contributed by atoms with E-state index in [4.69, 9.17) is 18.9 Å². The first-order valence-corrected chi connectivity index (χ1v) is 10.6. The SMILES string of the molecule is C=CC(=O)O/C=C\Oc1ccc(-c2ccc(-c3ccc(O/C=C\OC(=O)C=C)cc3C)cc2)cc1. The summed E-state index contributed by atoms with van der Waals surface area (Å²) in [5.41, 5.74) is 5.30. The predicted molar refractivity (Wildman–Crippen MR) is 134 cm³/mol. The maximum Gasteiger partial charge on any atom is 0.335 e. The molecule has 0 unspecified atom stereocenters. The van der Waals surface area contributed by atoms with Gasteiger partial charge in [0.15, 0.2) is 0 Å². The van der Waals surface area contributed by atoms with E-state index in [2.05, 4.69) is 37.4 Å². The molecule has 3 aromatic carbocycles. The summed E-state index contributed by atoms with van der Waals surface area (Å²) < 4.78 is 20.3. The molecule has 0 radical (unpaired) electrons. The molecule has 0 saturated carbocycles. The highest BCUT2D eigenvalue weighted by Crippen LogP contribution is 2.30. The van der Waals surface area contributed by atoms with Gasteiger partial charge in [0.25, 0.3) is 0 Å². The Kier molecular flexibility index (Phi) is 8.79. The van der Waals surface area contributed by atoms with Gasteiger partial charge in [0.05, 0.1) is 0 Å². The highest BCUT2D eigenvalue weighted by atomic mass is 16.5. The molecule has 0 spiro atoms. The first-order valence-electron chi connectivity index (χ1n) is 10.6. The molecule has 0 heterocycles. The number of carbonyl (C=O) groups excluding carboxylic acids is 2. The smallest absolute Gasteiger partial charge is 0.335 e. The number of hydrogen-bond acceptors (Lipinski definition) is 6. The molecule has 0 aromatic heterocycles. The van der Waals surface area contributed by atoms with Gasteiger partial charge in [0, 0.05) is 12.2 Å². The molecule has 176 valence electrons. The monoisotopic (exact) mass is 468 g/mol. The van der Waals surface area contributed by atoms with E-state index >= 15 is 0 Å². The number of aryl methyl sites for hydroxylation is 1. The standard InChI is InChI=1S/C29H24O6/c1-4-28(30)34-18-16-32-25-12-10-23(11-13-25)22-6-8-24(9-7-22)27-15-14-26(20-21(27)3)33-17-19-35-29(31)5-2/h4-20H,1-2H2,3H3/b18-16-,19-17-. The van der Waals surface area contributed by atoms with Gasteiger partial charge in [-0.1, -0.05) is 55.6 Å². The predicted octanol–water partition coefficient (Wildman–Crippen LogP) is 6.49. The highest BCUT2D eigenvalue weighted by Gasteiger charge is 2.05. The number of benzene rings is 3. The molecule has 0 fully saturated rings. The zero-order valence-electron chi connectivity index (χ0n) is 19.2. The molecule has 0 aliphatic carbocycles. The minimum absolute atomic E-state index is 0.551. The molecule has 0 aliphatic heterocycles. The lowest BCUT2D eigenvalue weighted by Crippen LogP contribution is -1.93. The van der Waals surface area contributed by atoms with Crippen molar-refractivity contribution < 1.29 is 28.5 Å². The fraction of sp³-hybridized carbons (Fsp3) is 0.0345. The highest BCUT2D eigenvalue weighted by molar-refractivity contribution is 5.82.